The molecule has 1 N–H and O–H groups in total. The Morgan fingerprint density at radius 3 is 2.30 bits per heavy atom. The molecule has 1 aliphatic rings. The number of anilines is 1. The van der Waals surface area contributed by atoms with Gasteiger partial charge in [0.25, 0.3) is 10.0 Å². The molecule has 2 aromatic rings. The van der Waals surface area contributed by atoms with Gasteiger partial charge >= 0.3 is 0 Å². The molecule has 3 rings (SSSR count). The van der Waals surface area contributed by atoms with Crippen LogP contribution in [0.2, 0.25) is 0 Å². The zero-order valence-electron chi connectivity index (χ0n) is 16.7. The first kappa shape index (κ1) is 22.1. The van der Waals surface area contributed by atoms with E-state index in [4.69, 9.17) is 4.74 Å². The van der Waals surface area contributed by atoms with Gasteiger partial charge in [-0.3, -0.25) is 9.10 Å². The minimum Gasteiger partial charge on any atom is -0.497 e. The summed E-state index contributed by atoms with van der Waals surface area (Å²) in [5.74, 6) is -0.135. The summed E-state index contributed by atoms with van der Waals surface area (Å²) in [6.45, 7) is 1.37. The van der Waals surface area contributed by atoms with E-state index in [0.29, 0.717) is 17.9 Å². The number of ether oxygens (including phenoxy) is 1. The molecule has 0 bridgehead atoms. The van der Waals surface area contributed by atoms with E-state index in [1.165, 1.54) is 19.2 Å². The Labute approximate surface area is 176 Å². The van der Waals surface area contributed by atoms with Crippen LogP contribution in [0.25, 0.3) is 0 Å². The van der Waals surface area contributed by atoms with Crippen molar-refractivity contribution in [3.8, 4) is 5.75 Å². The van der Waals surface area contributed by atoms with Gasteiger partial charge in [0, 0.05) is 6.04 Å². The second-order valence-electron chi connectivity index (χ2n) is 7.19. The third kappa shape index (κ3) is 5.11. The smallest absolute Gasteiger partial charge is 0.264 e. The van der Waals surface area contributed by atoms with Gasteiger partial charge < -0.3 is 10.1 Å². The molecule has 1 amide bonds. The molecule has 0 aliphatic carbocycles. The van der Waals surface area contributed by atoms with Gasteiger partial charge in [0.15, 0.2) is 9.84 Å². The van der Waals surface area contributed by atoms with Gasteiger partial charge in [-0.2, -0.15) is 0 Å². The van der Waals surface area contributed by atoms with Crippen molar-refractivity contribution in [2.75, 3.05) is 29.5 Å². The van der Waals surface area contributed by atoms with E-state index in [2.05, 4.69) is 5.32 Å². The van der Waals surface area contributed by atoms with Crippen LogP contribution in [0, 0.1) is 6.92 Å². The number of nitrogens with one attached hydrogen (secondary N) is 1. The van der Waals surface area contributed by atoms with Crippen molar-refractivity contribution in [3.63, 3.8) is 0 Å². The van der Waals surface area contributed by atoms with E-state index in [1.807, 2.05) is 6.92 Å². The number of carbonyl (C=O) groups is 1. The second kappa shape index (κ2) is 8.65. The molecule has 2 aromatic carbocycles. The summed E-state index contributed by atoms with van der Waals surface area (Å²) in [7, 11) is -5.69. The van der Waals surface area contributed by atoms with Crippen LogP contribution < -0.4 is 14.4 Å². The molecule has 8 nitrogen and oxygen atoms in total. The Bertz CT molecular complexity index is 1110. The molecule has 1 saturated heterocycles. The summed E-state index contributed by atoms with van der Waals surface area (Å²) in [5.41, 5.74) is 1.20. The van der Waals surface area contributed by atoms with Gasteiger partial charge in [0.2, 0.25) is 5.91 Å². The van der Waals surface area contributed by atoms with Crippen molar-refractivity contribution in [1.82, 2.24) is 5.32 Å². The van der Waals surface area contributed by atoms with Crippen molar-refractivity contribution in [2.24, 2.45) is 0 Å². The predicted molar refractivity (Wildman–Crippen MR) is 114 cm³/mol. The van der Waals surface area contributed by atoms with E-state index in [9.17, 15) is 21.6 Å². The molecule has 1 atom stereocenters. The number of methoxy groups -OCH3 is 1. The maximum Gasteiger partial charge on any atom is 0.264 e. The number of benzene rings is 2. The van der Waals surface area contributed by atoms with E-state index in [1.54, 1.807) is 36.4 Å². The summed E-state index contributed by atoms with van der Waals surface area (Å²) >= 11 is 0. The van der Waals surface area contributed by atoms with Gasteiger partial charge in [0.1, 0.15) is 12.3 Å². The fourth-order valence-corrected chi connectivity index (χ4v) is 6.31. The van der Waals surface area contributed by atoms with Gasteiger partial charge in [0.05, 0.1) is 29.2 Å². The van der Waals surface area contributed by atoms with Crippen LogP contribution in [0.3, 0.4) is 0 Å². The lowest BCUT2D eigenvalue weighted by Crippen LogP contribution is -2.44. The van der Waals surface area contributed by atoms with Crippen molar-refractivity contribution in [2.45, 2.75) is 24.3 Å². The number of rotatable bonds is 7. The van der Waals surface area contributed by atoms with Crippen molar-refractivity contribution >= 4 is 31.5 Å². The first-order chi connectivity index (χ1) is 14.1. The largest absolute Gasteiger partial charge is 0.497 e. The lowest BCUT2D eigenvalue weighted by atomic mass is 10.2. The molecule has 1 fully saturated rings. The fraction of sp³-hybridized carbons (Fsp3) is 0.350. The highest BCUT2D eigenvalue weighted by molar-refractivity contribution is 7.93. The molecular weight excluding hydrogens is 428 g/mol. The van der Waals surface area contributed by atoms with Crippen LogP contribution >= 0.6 is 0 Å². The topological polar surface area (TPSA) is 110 Å². The zero-order chi connectivity index (χ0) is 21.9. The van der Waals surface area contributed by atoms with E-state index < -0.39 is 38.4 Å². The molecule has 0 radical (unpaired) electrons. The van der Waals surface area contributed by atoms with Crippen molar-refractivity contribution in [1.29, 1.82) is 0 Å². The average Bonchev–Trinajstić information content (AvgIpc) is 3.04. The number of amides is 1. The number of carbonyl (C=O) groups excluding carboxylic acids is 1. The molecule has 0 spiro atoms. The molecular formula is C20H24N2O6S2. The lowest BCUT2D eigenvalue weighted by Gasteiger charge is -2.25. The molecule has 1 aliphatic heterocycles. The number of hydrogen-bond acceptors (Lipinski definition) is 6. The van der Waals surface area contributed by atoms with Crippen molar-refractivity contribution in [3.05, 3.63) is 54.1 Å². The molecule has 30 heavy (non-hydrogen) atoms. The number of aryl methyl sites for hydroxylation is 1. The van der Waals surface area contributed by atoms with Crippen LogP contribution in [0.1, 0.15) is 12.0 Å². The lowest BCUT2D eigenvalue weighted by molar-refractivity contribution is -0.120. The van der Waals surface area contributed by atoms with Gasteiger partial charge in [-0.15, -0.1) is 0 Å². The fourth-order valence-electron chi connectivity index (χ4n) is 3.21. The van der Waals surface area contributed by atoms with E-state index >= 15 is 0 Å². The number of sulfonamides is 1. The normalized spacial score (nSPS) is 18.0. The third-order valence-corrected chi connectivity index (χ3v) is 8.41. The highest BCUT2D eigenvalue weighted by atomic mass is 32.2. The van der Waals surface area contributed by atoms with Crippen LogP contribution in [-0.2, 0) is 24.7 Å². The van der Waals surface area contributed by atoms with Crippen LogP contribution in [0.5, 0.6) is 5.75 Å². The Hall–Kier alpha value is -2.59. The molecule has 1 heterocycles. The van der Waals surface area contributed by atoms with Gasteiger partial charge in [-0.05, 0) is 49.7 Å². The second-order valence-corrected chi connectivity index (χ2v) is 11.3. The highest BCUT2D eigenvalue weighted by Crippen LogP contribution is 2.26. The average molecular weight is 453 g/mol. The minimum absolute atomic E-state index is 0.0157. The predicted octanol–water partition coefficient (Wildman–Crippen LogP) is 1.50. The first-order valence-corrected chi connectivity index (χ1v) is 12.6. The first-order valence-electron chi connectivity index (χ1n) is 9.34. The zero-order valence-corrected chi connectivity index (χ0v) is 18.4. The Balaban J connectivity index is 1.89. The molecule has 0 saturated carbocycles. The summed E-state index contributed by atoms with van der Waals surface area (Å²) in [5, 5.41) is 2.64. The molecule has 10 heteroatoms. The standard InChI is InChI=1S/C20H24N2O6S2/c1-15-3-9-19(10-4-15)30(26,27)22(17-5-7-18(28-2)8-6-17)13-20(23)21-16-11-12-29(24,25)14-16/h3-10,16H,11-14H2,1-2H3,(H,21,23)/t16-/m1/s1. The minimum atomic E-state index is -4.03. The maximum absolute atomic E-state index is 13.3. The molecule has 0 unspecified atom stereocenters. The number of nitrogens with zero attached hydrogens (tertiary/aromatic N) is 1. The van der Waals surface area contributed by atoms with Crippen LogP contribution in [0.15, 0.2) is 53.4 Å². The quantitative estimate of drug-likeness (QED) is 0.682. The van der Waals surface area contributed by atoms with E-state index in [0.717, 1.165) is 9.87 Å². The SMILES string of the molecule is COc1ccc(N(CC(=O)N[C@@H]2CCS(=O)(=O)C2)S(=O)(=O)c2ccc(C)cc2)cc1. The number of hydrogen-bond donors (Lipinski definition) is 1. The Morgan fingerprint density at radius 1 is 1.13 bits per heavy atom. The monoisotopic (exact) mass is 452 g/mol. The molecule has 162 valence electrons. The van der Waals surface area contributed by atoms with Gasteiger partial charge in [-0.1, -0.05) is 17.7 Å². The summed E-state index contributed by atoms with van der Waals surface area (Å²) in [4.78, 5) is 12.7. The van der Waals surface area contributed by atoms with Gasteiger partial charge in [-0.25, -0.2) is 16.8 Å². The summed E-state index contributed by atoms with van der Waals surface area (Å²) in [6.07, 6.45) is 0.321. The summed E-state index contributed by atoms with van der Waals surface area (Å²) < 4.78 is 56.0. The summed E-state index contributed by atoms with van der Waals surface area (Å²) in [6, 6.07) is 12.1. The third-order valence-electron chi connectivity index (χ3n) is 4.85. The molecule has 0 aromatic heterocycles. The highest BCUT2D eigenvalue weighted by Gasteiger charge is 2.31. The Kier molecular flexibility index (Phi) is 6.37. The Morgan fingerprint density at radius 2 is 1.77 bits per heavy atom. The van der Waals surface area contributed by atoms with Crippen LogP contribution in [0.4, 0.5) is 5.69 Å². The number of sulfone groups is 1. The van der Waals surface area contributed by atoms with Crippen molar-refractivity contribution < 1.29 is 26.4 Å². The van der Waals surface area contributed by atoms with Crippen LogP contribution in [-0.4, -0.2) is 53.9 Å². The van der Waals surface area contributed by atoms with E-state index in [-0.39, 0.29) is 16.4 Å². The maximum atomic E-state index is 13.3.